The van der Waals surface area contributed by atoms with E-state index in [0.717, 1.165) is 36.3 Å². The van der Waals surface area contributed by atoms with Gasteiger partial charge in [0.1, 0.15) is 0 Å². The van der Waals surface area contributed by atoms with E-state index in [9.17, 15) is 4.79 Å². The molecule has 0 fully saturated rings. The number of aromatic nitrogens is 1. The molecule has 0 radical (unpaired) electrons. The summed E-state index contributed by atoms with van der Waals surface area (Å²) in [5.41, 5.74) is 7.06. The monoisotopic (exact) mass is 379 g/mol. The van der Waals surface area contributed by atoms with Crippen LogP contribution in [0.4, 0.5) is 0 Å². The molecule has 0 unspecified atom stereocenters. The number of amides is 1. The predicted octanol–water partition coefficient (Wildman–Crippen LogP) is 2.55. The van der Waals surface area contributed by atoms with Gasteiger partial charge in [-0.05, 0) is 59.3 Å². The maximum Gasteiger partial charge on any atom is 0.267 e. The Bertz CT molecular complexity index is 945. The molecule has 3 aromatic rings. The van der Waals surface area contributed by atoms with E-state index >= 15 is 0 Å². The Morgan fingerprint density at radius 3 is 2.57 bits per heavy atom. The highest BCUT2D eigenvalue weighted by Crippen LogP contribution is 2.18. The molecule has 6 nitrogen and oxygen atoms in total. The second-order valence-electron chi connectivity index (χ2n) is 6.67. The van der Waals surface area contributed by atoms with Crippen molar-refractivity contribution in [1.29, 1.82) is 0 Å². The molecule has 28 heavy (non-hydrogen) atoms. The summed E-state index contributed by atoms with van der Waals surface area (Å²) in [7, 11) is 0. The molecule has 0 bridgehead atoms. The minimum atomic E-state index is -0.548. The van der Waals surface area contributed by atoms with Crippen molar-refractivity contribution in [2.24, 2.45) is 0 Å². The van der Waals surface area contributed by atoms with E-state index < -0.39 is 5.91 Å². The average Bonchev–Trinajstić information content (AvgIpc) is 3.12. The van der Waals surface area contributed by atoms with Crippen molar-refractivity contribution in [3.63, 3.8) is 0 Å². The summed E-state index contributed by atoms with van der Waals surface area (Å²) in [5, 5.41) is 22.1. The predicted molar refractivity (Wildman–Crippen MR) is 110 cm³/mol. The maximum atomic E-state index is 11.0. The Morgan fingerprint density at radius 2 is 1.82 bits per heavy atom. The van der Waals surface area contributed by atoms with Gasteiger partial charge in [-0.25, -0.2) is 5.48 Å². The van der Waals surface area contributed by atoms with Crippen LogP contribution in [0.5, 0.6) is 0 Å². The van der Waals surface area contributed by atoms with Crippen LogP contribution in [0, 0.1) is 0 Å². The van der Waals surface area contributed by atoms with Gasteiger partial charge in [0.15, 0.2) is 0 Å². The lowest BCUT2D eigenvalue weighted by Gasteiger charge is -2.06. The van der Waals surface area contributed by atoms with Crippen molar-refractivity contribution in [3.05, 3.63) is 77.0 Å². The van der Waals surface area contributed by atoms with E-state index in [1.807, 2.05) is 24.3 Å². The molecule has 1 amide bonds. The van der Waals surface area contributed by atoms with Crippen molar-refractivity contribution in [1.82, 2.24) is 15.8 Å². The fraction of sp³-hybridized carbons (Fsp3) is 0.227. The summed E-state index contributed by atoms with van der Waals surface area (Å²) < 4.78 is 0. The normalized spacial score (nSPS) is 11.4. The van der Waals surface area contributed by atoms with Crippen LogP contribution in [-0.4, -0.2) is 34.4 Å². The molecule has 0 atom stereocenters. The van der Waals surface area contributed by atoms with Gasteiger partial charge in [0.2, 0.25) is 0 Å². The number of aromatic amines is 1. The van der Waals surface area contributed by atoms with Crippen LogP contribution in [0.25, 0.3) is 17.0 Å². The van der Waals surface area contributed by atoms with Crippen LogP contribution in [0.2, 0.25) is 0 Å². The Hall–Kier alpha value is -2.93. The lowest BCUT2D eigenvalue weighted by molar-refractivity contribution is -0.124. The minimum absolute atomic E-state index is 0.152. The number of aliphatic hydroxyl groups excluding tert-OH is 1. The second-order valence-corrected chi connectivity index (χ2v) is 6.67. The van der Waals surface area contributed by atoms with E-state index in [0.29, 0.717) is 6.42 Å². The highest BCUT2D eigenvalue weighted by atomic mass is 16.5. The lowest BCUT2D eigenvalue weighted by atomic mass is 10.1. The number of aliphatic hydroxyl groups is 1. The average molecular weight is 379 g/mol. The van der Waals surface area contributed by atoms with Gasteiger partial charge in [0.05, 0.1) is 0 Å². The van der Waals surface area contributed by atoms with Crippen LogP contribution in [-0.2, 0) is 24.2 Å². The number of carbonyl (C=O) groups excluding carboxylic acids is 1. The molecular weight excluding hydrogens is 354 g/mol. The van der Waals surface area contributed by atoms with E-state index in [-0.39, 0.29) is 6.61 Å². The molecule has 0 aliphatic carbocycles. The Labute approximate surface area is 163 Å². The third-order valence-corrected chi connectivity index (χ3v) is 4.56. The second kappa shape index (κ2) is 9.85. The lowest BCUT2D eigenvalue weighted by Crippen LogP contribution is -2.16. The summed E-state index contributed by atoms with van der Waals surface area (Å²) in [4.78, 5) is 14.3. The number of nitrogens with one attached hydrogen (secondary N) is 3. The molecule has 2 aromatic carbocycles. The van der Waals surface area contributed by atoms with Crippen LogP contribution in [0.15, 0.2) is 54.6 Å². The van der Waals surface area contributed by atoms with Gasteiger partial charge in [-0.2, -0.15) is 0 Å². The zero-order chi connectivity index (χ0) is 19.8. The largest absolute Gasteiger partial charge is 0.396 e. The fourth-order valence-corrected chi connectivity index (χ4v) is 3.07. The van der Waals surface area contributed by atoms with Crippen molar-refractivity contribution >= 4 is 22.9 Å². The van der Waals surface area contributed by atoms with Gasteiger partial charge in [-0.15, -0.1) is 0 Å². The van der Waals surface area contributed by atoms with Crippen LogP contribution < -0.4 is 10.8 Å². The summed E-state index contributed by atoms with van der Waals surface area (Å²) in [6, 6.07) is 16.4. The minimum Gasteiger partial charge on any atom is -0.396 e. The number of benzene rings is 2. The van der Waals surface area contributed by atoms with E-state index in [1.54, 1.807) is 11.6 Å². The first-order chi connectivity index (χ1) is 13.7. The number of carbonyl (C=O) groups is 1. The molecule has 0 saturated carbocycles. The molecule has 3 rings (SSSR count). The SMILES string of the molecule is O=C(/C=C/c1ccc(CNCCc2ccc3[nH]c(CCO)cc3c2)cc1)NO. The van der Waals surface area contributed by atoms with E-state index in [2.05, 4.69) is 34.6 Å². The molecule has 6 heteroatoms. The zero-order valence-electron chi connectivity index (χ0n) is 15.6. The molecular formula is C22H25N3O3. The van der Waals surface area contributed by atoms with Crippen LogP contribution >= 0.6 is 0 Å². The van der Waals surface area contributed by atoms with Gasteiger partial charge >= 0.3 is 0 Å². The molecule has 1 aromatic heterocycles. The topological polar surface area (TPSA) is 97.4 Å². The van der Waals surface area contributed by atoms with E-state index in [4.69, 9.17) is 10.3 Å². The van der Waals surface area contributed by atoms with Gasteiger partial charge < -0.3 is 15.4 Å². The molecule has 0 spiro atoms. The summed E-state index contributed by atoms with van der Waals surface area (Å²) in [6.45, 7) is 1.80. The standard InChI is InChI=1S/C22H25N3O3/c26-12-10-20-14-19-13-17(5-7-21(19)24-20)9-11-23-15-18-3-1-16(2-4-18)6-8-22(27)25-28/h1-8,13-14,23-24,26,28H,9-12,15H2,(H,25,27)/b8-6+. The van der Waals surface area contributed by atoms with Gasteiger partial charge in [-0.3, -0.25) is 10.0 Å². The maximum absolute atomic E-state index is 11.0. The third kappa shape index (κ3) is 5.53. The summed E-state index contributed by atoms with van der Waals surface area (Å²) in [5.74, 6) is -0.548. The van der Waals surface area contributed by atoms with Gasteiger partial charge in [0.25, 0.3) is 5.91 Å². The number of fused-ring (bicyclic) bond motifs is 1. The number of hydrogen-bond donors (Lipinski definition) is 5. The zero-order valence-corrected chi connectivity index (χ0v) is 15.6. The number of hydroxylamine groups is 1. The van der Waals surface area contributed by atoms with Gasteiger partial charge in [0, 0.05) is 36.9 Å². The molecule has 146 valence electrons. The van der Waals surface area contributed by atoms with Crippen molar-refractivity contribution in [2.75, 3.05) is 13.2 Å². The summed E-state index contributed by atoms with van der Waals surface area (Å²) in [6.07, 6.45) is 4.51. The highest BCUT2D eigenvalue weighted by Gasteiger charge is 2.02. The van der Waals surface area contributed by atoms with Crippen molar-refractivity contribution < 1.29 is 15.1 Å². The number of hydrogen-bond acceptors (Lipinski definition) is 4. The first-order valence-corrected chi connectivity index (χ1v) is 9.31. The Kier molecular flexibility index (Phi) is 6.97. The Morgan fingerprint density at radius 1 is 1.04 bits per heavy atom. The molecule has 1 heterocycles. The van der Waals surface area contributed by atoms with Gasteiger partial charge in [-0.1, -0.05) is 30.3 Å². The molecule has 5 N–H and O–H groups in total. The van der Waals surface area contributed by atoms with Crippen molar-refractivity contribution in [3.8, 4) is 0 Å². The first kappa shape index (κ1) is 19.8. The quantitative estimate of drug-likeness (QED) is 0.171. The smallest absolute Gasteiger partial charge is 0.267 e. The molecule has 0 saturated heterocycles. The fourth-order valence-electron chi connectivity index (χ4n) is 3.07. The summed E-state index contributed by atoms with van der Waals surface area (Å²) >= 11 is 0. The third-order valence-electron chi connectivity index (χ3n) is 4.56. The highest BCUT2D eigenvalue weighted by molar-refractivity contribution is 5.90. The van der Waals surface area contributed by atoms with Crippen LogP contribution in [0.3, 0.4) is 0 Å². The molecule has 0 aliphatic heterocycles. The molecule has 0 aliphatic rings. The van der Waals surface area contributed by atoms with Crippen LogP contribution in [0.1, 0.15) is 22.4 Å². The van der Waals surface area contributed by atoms with E-state index in [1.165, 1.54) is 22.6 Å². The number of H-pyrrole nitrogens is 1. The Balaban J connectivity index is 1.47. The number of rotatable bonds is 9. The first-order valence-electron chi connectivity index (χ1n) is 9.31. The van der Waals surface area contributed by atoms with Crippen molar-refractivity contribution in [2.45, 2.75) is 19.4 Å².